The predicted molar refractivity (Wildman–Crippen MR) is 82.8 cm³/mol. The molecule has 0 bridgehead atoms. The monoisotopic (exact) mass is 291 g/mol. The molecular weight excluding hydrogens is 262 g/mol. The van der Waals surface area contributed by atoms with Crippen LogP contribution in [0.15, 0.2) is 0 Å². The van der Waals surface area contributed by atoms with Crippen molar-refractivity contribution in [2.45, 2.75) is 82.6 Å². The molecule has 4 nitrogen and oxygen atoms in total. The van der Waals surface area contributed by atoms with Crippen LogP contribution < -0.4 is 5.32 Å². The Morgan fingerprint density at radius 2 is 1.86 bits per heavy atom. The van der Waals surface area contributed by atoms with Crippen LogP contribution in [0.1, 0.15) is 58.3 Å². The van der Waals surface area contributed by atoms with Gasteiger partial charge < -0.3 is 4.90 Å². The maximum Gasteiger partial charge on any atom is 0.241 e. The Morgan fingerprint density at radius 3 is 2.52 bits per heavy atom. The number of carbonyl (C=O) groups is 1. The molecule has 4 fully saturated rings. The smallest absolute Gasteiger partial charge is 0.241 e. The van der Waals surface area contributed by atoms with Gasteiger partial charge in [-0.05, 0) is 44.4 Å². The molecule has 3 atom stereocenters. The van der Waals surface area contributed by atoms with Crippen LogP contribution >= 0.6 is 0 Å². The summed E-state index contributed by atoms with van der Waals surface area (Å²) in [4.78, 5) is 17.7. The van der Waals surface area contributed by atoms with E-state index in [1.807, 2.05) is 0 Å². The van der Waals surface area contributed by atoms with E-state index in [1.165, 1.54) is 51.5 Å². The Balaban J connectivity index is 1.50. The van der Waals surface area contributed by atoms with Gasteiger partial charge in [0.1, 0.15) is 0 Å². The van der Waals surface area contributed by atoms with Crippen molar-refractivity contribution in [2.75, 3.05) is 13.1 Å². The average molecular weight is 291 g/mol. The highest BCUT2D eigenvalue weighted by atomic mass is 16.2. The summed E-state index contributed by atoms with van der Waals surface area (Å²) in [6.07, 6.45) is 10.5. The summed E-state index contributed by atoms with van der Waals surface area (Å²) < 4.78 is 0. The van der Waals surface area contributed by atoms with Gasteiger partial charge >= 0.3 is 0 Å². The molecule has 4 heteroatoms. The van der Waals surface area contributed by atoms with Crippen LogP contribution in [0, 0.1) is 5.92 Å². The number of carbonyl (C=O) groups excluding carboxylic acids is 1. The van der Waals surface area contributed by atoms with Gasteiger partial charge in [0.15, 0.2) is 0 Å². The van der Waals surface area contributed by atoms with Crippen molar-refractivity contribution < 1.29 is 4.79 Å². The highest BCUT2D eigenvalue weighted by Gasteiger charge is 2.47. The second-order valence-electron chi connectivity index (χ2n) is 7.53. The summed E-state index contributed by atoms with van der Waals surface area (Å²) in [6.45, 7) is 4.46. The second kappa shape index (κ2) is 5.54. The Morgan fingerprint density at radius 1 is 1.10 bits per heavy atom. The number of amides is 1. The third kappa shape index (κ3) is 2.50. The van der Waals surface area contributed by atoms with Gasteiger partial charge in [-0.15, -0.1) is 0 Å². The first-order valence-corrected chi connectivity index (χ1v) is 9.10. The van der Waals surface area contributed by atoms with E-state index in [4.69, 9.17) is 0 Å². The molecule has 3 unspecified atom stereocenters. The Labute approximate surface area is 128 Å². The minimum Gasteiger partial charge on any atom is -0.321 e. The lowest BCUT2D eigenvalue weighted by Crippen LogP contribution is -2.49. The fraction of sp³-hybridized carbons (Fsp3) is 0.941. The van der Waals surface area contributed by atoms with Crippen LogP contribution in [0.5, 0.6) is 0 Å². The van der Waals surface area contributed by atoms with Gasteiger partial charge in [0.25, 0.3) is 0 Å². The van der Waals surface area contributed by atoms with Crippen LogP contribution in [0.2, 0.25) is 0 Å². The maximum absolute atomic E-state index is 12.8. The van der Waals surface area contributed by atoms with Crippen molar-refractivity contribution in [1.29, 1.82) is 0 Å². The molecule has 118 valence electrons. The van der Waals surface area contributed by atoms with Gasteiger partial charge in [-0.2, -0.15) is 0 Å². The van der Waals surface area contributed by atoms with Crippen LogP contribution in [0.25, 0.3) is 0 Å². The molecular formula is C17H29N3O. The number of likely N-dealkylation sites (tertiary alicyclic amines) is 1. The topological polar surface area (TPSA) is 35.6 Å². The first-order chi connectivity index (χ1) is 10.3. The molecule has 0 aromatic heterocycles. The summed E-state index contributed by atoms with van der Waals surface area (Å²) >= 11 is 0. The Bertz CT molecular complexity index is 403. The highest BCUT2D eigenvalue weighted by Crippen LogP contribution is 2.37. The van der Waals surface area contributed by atoms with Crippen molar-refractivity contribution in [2.24, 2.45) is 5.92 Å². The molecule has 2 saturated heterocycles. The van der Waals surface area contributed by atoms with Crippen molar-refractivity contribution in [3.63, 3.8) is 0 Å². The minimum absolute atomic E-state index is 0.0746. The molecule has 1 N–H and O–H groups in total. The molecule has 4 aliphatic rings. The average Bonchev–Trinajstić information content (AvgIpc) is 2.94. The number of nitrogens with one attached hydrogen (secondary N) is 1. The lowest BCUT2D eigenvalue weighted by Gasteiger charge is -2.34. The van der Waals surface area contributed by atoms with Gasteiger partial charge in [-0.25, -0.2) is 0 Å². The van der Waals surface area contributed by atoms with E-state index in [9.17, 15) is 4.79 Å². The van der Waals surface area contributed by atoms with E-state index >= 15 is 0 Å². The summed E-state index contributed by atoms with van der Waals surface area (Å²) in [6, 6.07) is 1.38. The fourth-order valence-electron chi connectivity index (χ4n) is 4.78. The molecule has 1 amide bonds. The summed E-state index contributed by atoms with van der Waals surface area (Å²) in [5.74, 6) is 1.08. The van der Waals surface area contributed by atoms with Crippen LogP contribution in [0.3, 0.4) is 0 Å². The van der Waals surface area contributed by atoms with Crippen molar-refractivity contribution in [1.82, 2.24) is 15.1 Å². The lowest BCUT2D eigenvalue weighted by atomic mass is 10.0. The fourth-order valence-corrected chi connectivity index (χ4v) is 4.78. The van der Waals surface area contributed by atoms with Gasteiger partial charge in [-0.3, -0.25) is 15.0 Å². The van der Waals surface area contributed by atoms with Crippen LogP contribution in [0.4, 0.5) is 0 Å². The molecule has 0 spiro atoms. The first kappa shape index (κ1) is 14.0. The molecule has 2 aliphatic carbocycles. The van der Waals surface area contributed by atoms with E-state index in [0.29, 0.717) is 24.0 Å². The van der Waals surface area contributed by atoms with E-state index in [2.05, 4.69) is 22.0 Å². The van der Waals surface area contributed by atoms with E-state index in [0.717, 1.165) is 19.0 Å². The molecule has 0 aromatic carbocycles. The van der Waals surface area contributed by atoms with E-state index in [-0.39, 0.29) is 6.04 Å². The zero-order valence-electron chi connectivity index (χ0n) is 13.3. The summed E-state index contributed by atoms with van der Waals surface area (Å²) in [5, 5.41) is 3.68. The largest absolute Gasteiger partial charge is 0.321 e. The van der Waals surface area contributed by atoms with Crippen LogP contribution in [-0.4, -0.2) is 53.1 Å². The summed E-state index contributed by atoms with van der Waals surface area (Å²) in [5.41, 5.74) is 0. The predicted octanol–water partition coefficient (Wildman–Crippen LogP) is 1.95. The zero-order valence-corrected chi connectivity index (χ0v) is 13.3. The quantitative estimate of drug-likeness (QED) is 0.860. The molecule has 21 heavy (non-hydrogen) atoms. The van der Waals surface area contributed by atoms with Crippen molar-refractivity contribution >= 4 is 5.91 Å². The molecule has 4 rings (SSSR count). The molecule has 2 heterocycles. The summed E-state index contributed by atoms with van der Waals surface area (Å²) in [7, 11) is 0. The molecule has 2 saturated carbocycles. The Hall–Kier alpha value is -0.610. The first-order valence-electron chi connectivity index (χ1n) is 9.10. The van der Waals surface area contributed by atoms with Crippen molar-refractivity contribution in [3.8, 4) is 0 Å². The van der Waals surface area contributed by atoms with Gasteiger partial charge in [0.05, 0.1) is 12.2 Å². The third-order valence-corrected chi connectivity index (χ3v) is 6.13. The number of hydrogen-bond acceptors (Lipinski definition) is 3. The third-order valence-electron chi connectivity index (χ3n) is 6.13. The SMILES string of the molecule is CCC1NC(C2CCCC2)N(C2CCN(C3CC3)C2)C1=O. The molecule has 0 aromatic rings. The van der Waals surface area contributed by atoms with Gasteiger partial charge in [0, 0.05) is 25.2 Å². The number of nitrogens with zero attached hydrogens (tertiary/aromatic N) is 2. The second-order valence-corrected chi connectivity index (χ2v) is 7.53. The number of rotatable bonds is 4. The lowest BCUT2D eigenvalue weighted by molar-refractivity contribution is -0.132. The zero-order chi connectivity index (χ0) is 14.4. The highest BCUT2D eigenvalue weighted by molar-refractivity contribution is 5.84. The Kier molecular flexibility index (Phi) is 3.70. The minimum atomic E-state index is 0.0746. The standard InChI is InChI=1S/C17H29N3O/c1-2-15-17(21)20(16(18-15)12-5-3-4-6-12)14-9-10-19(11-14)13-7-8-13/h12-16,18H,2-11H2,1H3. The van der Waals surface area contributed by atoms with Crippen molar-refractivity contribution in [3.05, 3.63) is 0 Å². The van der Waals surface area contributed by atoms with Gasteiger partial charge in [-0.1, -0.05) is 19.8 Å². The van der Waals surface area contributed by atoms with Crippen LogP contribution in [-0.2, 0) is 4.79 Å². The van der Waals surface area contributed by atoms with Gasteiger partial charge in [0.2, 0.25) is 5.91 Å². The normalized spacial score (nSPS) is 38.8. The maximum atomic E-state index is 12.8. The number of hydrogen-bond donors (Lipinski definition) is 1. The molecule has 0 radical (unpaired) electrons. The van der Waals surface area contributed by atoms with E-state index in [1.54, 1.807) is 0 Å². The molecule has 2 aliphatic heterocycles. The van der Waals surface area contributed by atoms with E-state index < -0.39 is 0 Å².